The van der Waals surface area contributed by atoms with Crippen LogP contribution in [0.3, 0.4) is 0 Å². The number of hydrogen-bond acceptors (Lipinski definition) is 3. The van der Waals surface area contributed by atoms with Crippen LogP contribution in [0.15, 0.2) is 0 Å². The fourth-order valence-electron chi connectivity index (χ4n) is 1.40. The van der Waals surface area contributed by atoms with Crippen LogP contribution in [-0.4, -0.2) is 50.5 Å². The summed E-state index contributed by atoms with van der Waals surface area (Å²) in [6, 6.07) is 0.504. The number of rotatable bonds is 6. The van der Waals surface area contributed by atoms with Crippen molar-refractivity contribution in [1.29, 1.82) is 0 Å². The highest BCUT2D eigenvalue weighted by atomic mass is 16.6. The van der Waals surface area contributed by atoms with E-state index in [-0.39, 0.29) is 0 Å². The molecule has 0 aromatic rings. The molecule has 2 atom stereocenters. The van der Waals surface area contributed by atoms with E-state index < -0.39 is 0 Å². The van der Waals surface area contributed by atoms with Gasteiger partial charge >= 0.3 is 0 Å². The molecule has 3 nitrogen and oxygen atoms in total. The summed E-state index contributed by atoms with van der Waals surface area (Å²) >= 11 is 0. The Morgan fingerprint density at radius 3 is 2.75 bits per heavy atom. The SMILES string of the molecule is CCN(CC1CO1)C(C)COC. The van der Waals surface area contributed by atoms with Gasteiger partial charge in [-0.1, -0.05) is 6.92 Å². The summed E-state index contributed by atoms with van der Waals surface area (Å²) in [7, 11) is 1.75. The summed E-state index contributed by atoms with van der Waals surface area (Å²) in [6.45, 7) is 8.24. The molecule has 0 aromatic heterocycles. The highest BCUT2D eigenvalue weighted by molar-refractivity contribution is 4.76. The van der Waals surface area contributed by atoms with Crippen molar-refractivity contribution >= 4 is 0 Å². The lowest BCUT2D eigenvalue weighted by Gasteiger charge is -2.26. The fourth-order valence-corrected chi connectivity index (χ4v) is 1.40. The molecule has 1 fully saturated rings. The van der Waals surface area contributed by atoms with Crippen molar-refractivity contribution in [3.8, 4) is 0 Å². The summed E-state index contributed by atoms with van der Waals surface area (Å²) < 4.78 is 10.3. The van der Waals surface area contributed by atoms with Crippen LogP contribution in [-0.2, 0) is 9.47 Å². The van der Waals surface area contributed by atoms with Crippen molar-refractivity contribution in [3.63, 3.8) is 0 Å². The van der Waals surface area contributed by atoms with Gasteiger partial charge in [0, 0.05) is 19.7 Å². The lowest BCUT2D eigenvalue weighted by atomic mass is 10.3. The van der Waals surface area contributed by atoms with Gasteiger partial charge in [0.05, 0.1) is 19.3 Å². The standard InChI is InChI=1S/C9H19NO2/c1-4-10(5-9-7-12-9)8(2)6-11-3/h8-9H,4-7H2,1-3H3. The summed E-state index contributed by atoms with van der Waals surface area (Å²) in [5.41, 5.74) is 0. The van der Waals surface area contributed by atoms with Crippen LogP contribution in [0.5, 0.6) is 0 Å². The van der Waals surface area contributed by atoms with E-state index in [4.69, 9.17) is 9.47 Å². The Balaban J connectivity index is 2.21. The number of methoxy groups -OCH3 is 1. The molecule has 1 heterocycles. The third-order valence-electron chi connectivity index (χ3n) is 2.28. The summed E-state index contributed by atoms with van der Waals surface area (Å²) in [5, 5.41) is 0. The van der Waals surface area contributed by atoms with Crippen molar-refractivity contribution < 1.29 is 9.47 Å². The van der Waals surface area contributed by atoms with Gasteiger partial charge in [0.15, 0.2) is 0 Å². The second-order valence-electron chi connectivity index (χ2n) is 3.35. The highest BCUT2D eigenvalue weighted by Gasteiger charge is 2.26. The highest BCUT2D eigenvalue weighted by Crippen LogP contribution is 2.12. The molecule has 0 saturated carbocycles. The Bertz CT molecular complexity index is 126. The molecule has 0 radical (unpaired) electrons. The van der Waals surface area contributed by atoms with E-state index in [0.717, 1.165) is 26.3 Å². The summed E-state index contributed by atoms with van der Waals surface area (Å²) in [4.78, 5) is 2.39. The van der Waals surface area contributed by atoms with E-state index >= 15 is 0 Å². The van der Waals surface area contributed by atoms with E-state index in [1.165, 1.54) is 0 Å². The van der Waals surface area contributed by atoms with Crippen molar-refractivity contribution in [2.24, 2.45) is 0 Å². The Morgan fingerprint density at radius 2 is 2.33 bits per heavy atom. The molecule has 0 N–H and O–H groups in total. The Hall–Kier alpha value is -0.120. The van der Waals surface area contributed by atoms with Gasteiger partial charge in [-0.25, -0.2) is 0 Å². The molecule has 2 unspecified atom stereocenters. The smallest absolute Gasteiger partial charge is 0.0936 e. The van der Waals surface area contributed by atoms with Crippen LogP contribution in [0, 0.1) is 0 Å². The van der Waals surface area contributed by atoms with Crippen LogP contribution < -0.4 is 0 Å². The fraction of sp³-hybridized carbons (Fsp3) is 1.00. The summed E-state index contributed by atoms with van der Waals surface area (Å²) in [5.74, 6) is 0. The maximum Gasteiger partial charge on any atom is 0.0936 e. The molecule has 12 heavy (non-hydrogen) atoms. The van der Waals surface area contributed by atoms with Gasteiger partial charge in [-0.3, -0.25) is 4.90 Å². The zero-order valence-corrected chi connectivity index (χ0v) is 8.25. The minimum absolute atomic E-state index is 0.490. The zero-order valence-electron chi connectivity index (χ0n) is 8.25. The molecule has 3 heteroatoms. The largest absolute Gasteiger partial charge is 0.383 e. The molecule has 1 aliphatic rings. The van der Waals surface area contributed by atoms with Gasteiger partial charge in [-0.05, 0) is 13.5 Å². The topological polar surface area (TPSA) is 25.0 Å². The average molecular weight is 173 g/mol. The number of epoxide rings is 1. The normalized spacial score (nSPS) is 24.5. The first-order valence-electron chi connectivity index (χ1n) is 4.62. The molecule has 1 rings (SSSR count). The second kappa shape index (κ2) is 4.80. The molecule has 0 amide bonds. The Kier molecular flexibility index (Phi) is 3.98. The molecule has 1 aliphatic heterocycles. The Morgan fingerprint density at radius 1 is 1.67 bits per heavy atom. The van der Waals surface area contributed by atoms with Crippen molar-refractivity contribution in [2.75, 3.05) is 33.4 Å². The molecular weight excluding hydrogens is 154 g/mol. The quantitative estimate of drug-likeness (QED) is 0.554. The van der Waals surface area contributed by atoms with Crippen molar-refractivity contribution in [1.82, 2.24) is 4.90 Å². The van der Waals surface area contributed by atoms with E-state index in [1.807, 2.05) is 0 Å². The van der Waals surface area contributed by atoms with Crippen molar-refractivity contribution in [3.05, 3.63) is 0 Å². The van der Waals surface area contributed by atoms with Crippen LogP contribution >= 0.6 is 0 Å². The predicted molar refractivity (Wildman–Crippen MR) is 48.3 cm³/mol. The third-order valence-corrected chi connectivity index (χ3v) is 2.28. The number of nitrogens with zero attached hydrogens (tertiary/aromatic N) is 1. The molecule has 1 saturated heterocycles. The van der Waals surface area contributed by atoms with Crippen LogP contribution in [0.25, 0.3) is 0 Å². The summed E-state index contributed by atoms with van der Waals surface area (Å²) in [6.07, 6.45) is 0.490. The van der Waals surface area contributed by atoms with E-state index in [9.17, 15) is 0 Å². The van der Waals surface area contributed by atoms with Gasteiger partial charge in [0.2, 0.25) is 0 Å². The molecule has 0 aliphatic carbocycles. The molecule has 0 spiro atoms. The lowest BCUT2D eigenvalue weighted by Crippen LogP contribution is -2.38. The number of likely N-dealkylation sites (N-methyl/N-ethyl adjacent to an activating group) is 1. The first-order valence-corrected chi connectivity index (χ1v) is 4.62. The predicted octanol–water partition coefficient (Wildman–Crippen LogP) is 0.742. The first-order chi connectivity index (χ1) is 5.77. The average Bonchev–Trinajstić information content (AvgIpc) is 2.84. The van der Waals surface area contributed by atoms with Gasteiger partial charge in [0.25, 0.3) is 0 Å². The molecule has 72 valence electrons. The maximum atomic E-state index is 5.19. The number of ether oxygens (including phenoxy) is 2. The molecule has 0 bridgehead atoms. The van der Waals surface area contributed by atoms with Gasteiger partial charge < -0.3 is 9.47 Å². The zero-order chi connectivity index (χ0) is 8.97. The van der Waals surface area contributed by atoms with Gasteiger partial charge in [0.1, 0.15) is 0 Å². The minimum Gasteiger partial charge on any atom is -0.383 e. The van der Waals surface area contributed by atoms with Crippen LogP contribution in [0.2, 0.25) is 0 Å². The van der Waals surface area contributed by atoms with E-state index in [1.54, 1.807) is 7.11 Å². The minimum atomic E-state index is 0.490. The second-order valence-corrected chi connectivity index (χ2v) is 3.35. The van der Waals surface area contributed by atoms with Crippen LogP contribution in [0.4, 0.5) is 0 Å². The third kappa shape index (κ3) is 3.09. The Labute approximate surface area is 74.6 Å². The monoisotopic (exact) mass is 173 g/mol. The van der Waals surface area contributed by atoms with E-state index in [0.29, 0.717) is 12.1 Å². The van der Waals surface area contributed by atoms with Crippen molar-refractivity contribution in [2.45, 2.75) is 26.0 Å². The van der Waals surface area contributed by atoms with Gasteiger partial charge in [-0.15, -0.1) is 0 Å². The molecular formula is C9H19NO2. The lowest BCUT2D eigenvalue weighted by molar-refractivity contribution is 0.0975. The number of hydrogen-bond donors (Lipinski definition) is 0. The maximum absolute atomic E-state index is 5.19. The van der Waals surface area contributed by atoms with E-state index in [2.05, 4.69) is 18.7 Å². The molecule has 0 aromatic carbocycles. The first kappa shape index (κ1) is 9.96. The van der Waals surface area contributed by atoms with Crippen LogP contribution in [0.1, 0.15) is 13.8 Å². The van der Waals surface area contributed by atoms with Gasteiger partial charge in [-0.2, -0.15) is 0 Å².